The molecule has 87 valence electrons. The van der Waals surface area contributed by atoms with Crippen LogP contribution in [0.5, 0.6) is 0 Å². The lowest BCUT2D eigenvalue weighted by Gasteiger charge is -2.08. The van der Waals surface area contributed by atoms with Crippen LogP contribution in [-0.4, -0.2) is 0 Å². The third kappa shape index (κ3) is 2.67. The molecular formula is C14H13ClNO. The van der Waals surface area contributed by atoms with Gasteiger partial charge in [-0.05, 0) is 40.5 Å². The molecule has 2 aromatic rings. The Labute approximate surface area is 106 Å². The summed E-state index contributed by atoms with van der Waals surface area (Å²) in [7, 11) is 0. The van der Waals surface area contributed by atoms with Crippen molar-refractivity contribution in [1.29, 1.82) is 0 Å². The molecule has 0 bridgehead atoms. The first-order chi connectivity index (χ1) is 8.24. The minimum atomic E-state index is -0.242. The lowest BCUT2D eigenvalue weighted by atomic mass is 9.99. The zero-order valence-corrected chi connectivity index (χ0v) is 10.1. The van der Waals surface area contributed by atoms with Gasteiger partial charge in [0.1, 0.15) is 6.61 Å². The molecule has 0 aliphatic heterocycles. The molecule has 0 aliphatic carbocycles. The summed E-state index contributed by atoms with van der Waals surface area (Å²) in [5.74, 6) is 0. The molecule has 2 aromatic carbocycles. The second-order valence-electron chi connectivity index (χ2n) is 3.84. The van der Waals surface area contributed by atoms with Gasteiger partial charge in [0, 0.05) is 11.6 Å². The van der Waals surface area contributed by atoms with Crippen molar-refractivity contribution in [3.63, 3.8) is 0 Å². The molecule has 2 rings (SSSR count). The Morgan fingerprint density at radius 3 is 2.18 bits per heavy atom. The first-order valence-electron chi connectivity index (χ1n) is 5.40. The number of halogens is 1. The van der Waals surface area contributed by atoms with Crippen molar-refractivity contribution in [2.75, 3.05) is 0 Å². The Kier molecular flexibility index (Phi) is 3.79. The van der Waals surface area contributed by atoms with Crippen LogP contribution in [0.25, 0.3) is 11.1 Å². The molecule has 2 nitrogen and oxygen atoms in total. The van der Waals surface area contributed by atoms with Gasteiger partial charge in [0.05, 0.1) is 0 Å². The summed E-state index contributed by atoms with van der Waals surface area (Å²) in [5.41, 5.74) is 9.32. The largest absolute Gasteiger partial charge is 0.326 e. The molecular weight excluding hydrogens is 234 g/mol. The summed E-state index contributed by atoms with van der Waals surface area (Å²) >= 11 is 5.84. The van der Waals surface area contributed by atoms with E-state index in [1.165, 1.54) is 0 Å². The summed E-state index contributed by atoms with van der Waals surface area (Å²) in [4.78, 5) is 0. The molecule has 0 saturated carbocycles. The van der Waals surface area contributed by atoms with E-state index in [1.54, 1.807) is 0 Å². The highest BCUT2D eigenvalue weighted by molar-refractivity contribution is 6.30. The maximum atomic E-state index is 11.1. The average Bonchev–Trinajstić information content (AvgIpc) is 2.39. The lowest BCUT2D eigenvalue weighted by Crippen LogP contribution is -2.01. The van der Waals surface area contributed by atoms with Crippen LogP contribution in [0.4, 0.5) is 0 Å². The number of hydrogen-bond donors (Lipinski definition) is 1. The SMILES string of the molecule is NCc1ccc(-c2ccc(Cl)cc2)cc1C[O]. The van der Waals surface area contributed by atoms with E-state index in [9.17, 15) is 5.11 Å². The highest BCUT2D eigenvalue weighted by Crippen LogP contribution is 2.24. The van der Waals surface area contributed by atoms with E-state index in [1.807, 2.05) is 42.5 Å². The summed E-state index contributed by atoms with van der Waals surface area (Å²) in [5, 5.41) is 11.8. The van der Waals surface area contributed by atoms with E-state index in [0.717, 1.165) is 22.3 Å². The molecule has 0 atom stereocenters. The molecule has 0 aromatic heterocycles. The summed E-state index contributed by atoms with van der Waals surface area (Å²) in [6, 6.07) is 13.3. The van der Waals surface area contributed by atoms with E-state index in [-0.39, 0.29) is 6.61 Å². The third-order valence-electron chi connectivity index (χ3n) is 2.76. The first-order valence-corrected chi connectivity index (χ1v) is 5.78. The van der Waals surface area contributed by atoms with Crippen molar-refractivity contribution in [3.8, 4) is 11.1 Å². The first kappa shape index (κ1) is 12.1. The van der Waals surface area contributed by atoms with Gasteiger partial charge in [0.2, 0.25) is 0 Å². The van der Waals surface area contributed by atoms with Gasteiger partial charge in [-0.2, -0.15) is 0 Å². The predicted octanol–water partition coefficient (Wildman–Crippen LogP) is 3.40. The van der Waals surface area contributed by atoms with Crippen LogP contribution >= 0.6 is 11.6 Å². The lowest BCUT2D eigenvalue weighted by molar-refractivity contribution is 0.177. The minimum absolute atomic E-state index is 0.242. The Bertz CT molecular complexity index is 508. The zero-order chi connectivity index (χ0) is 12.3. The normalized spacial score (nSPS) is 10.5. The van der Waals surface area contributed by atoms with Crippen molar-refractivity contribution in [2.24, 2.45) is 5.73 Å². The molecule has 0 unspecified atom stereocenters. The van der Waals surface area contributed by atoms with Gasteiger partial charge in [-0.25, -0.2) is 5.11 Å². The standard InChI is InChI=1S/C14H13ClNO/c15-14-5-3-10(4-6-14)11-1-2-12(8-16)13(7-11)9-17/h1-7H,8-9,16H2. The monoisotopic (exact) mass is 246 g/mol. The van der Waals surface area contributed by atoms with Crippen LogP contribution < -0.4 is 5.73 Å². The van der Waals surface area contributed by atoms with Gasteiger partial charge in [-0.3, -0.25) is 0 Å². The maximum absolute atomic E-state index is 11.1. The van der Waals surface area contributed by atoms with Crippen LogP contribution in [0.15, 0.2) is 42.5 Å². The molecule has 2 N–H and O–H groups in total. The van der Waals surface area contributed by atoms with Crippen LogP contribution in [0.2, 0.25) is 5.02 Å². The Balaban J connectivity index is 2.42. The predicted molar refractivity (Wildman–Crippen MR) is 69.2 cm³/mol. The van der Waals surface area contributed by atoms with Crippen LogP contribution in [0, 0.1) is 0 Å². The number of nitrogens with two attached hydrogens (primary N) is 1. The second-order valence-corrected chi connectivity index (χ2v) is 4.28. The Morgan fingerprint density at radius 1 is 0.941 bits per heavy atom. The minimum Gasteiger partial charge on any atom is -0.326 e. The van der Waals surface area contributed by atoms with E-state index in [0.29, 0.717) is 11.6 Å². The number of hydrogen-bond acceptors (Lipinski definition) is 1. The van der Waals surface area contributed by atoms with Crippen molar-refractivity contribution >= 4 is 11.6 Å². The fourth-order valence-electron chi connectivity index (χ4n) is 1.78. The van der Waals surface area contributed by atoms with Crippen LogP contribution in [-0.2, 0) is 18.3 Å². The molecule has 1 radical (unpaired) electrons. The summed E-state index contributed by atoms with van der Waals surface area (Å²) in [6.45, 7) is 0.159. The van der Waals surface area contributed by atoms with Crippen molar-refractivity contribution in [3.05, 3.63) is 58.6 Å². The van der Waals surface area contributed by atoms with Gasteiger partial charge in [0.25, 0.3) is 0 Å². The molecule has 0 heterocycles. The van der Waals surface area contributed by atoms with E-state index in [2.05, 4.69) is 0 Å². The maximum Gasteiger partial charge on any atom is 0.108 e. The molecule has 0 saturated heterocycles. The van der Waals surface area contributed by atoms with Gasteiger partial charge < -0.3 is 5.73 Å². The fraction of sp³-hybridized carbons (Fsp3) is 0.143. The van der Waals surface area contributed by atoms with Crippen LogP contribution in [0.1, 0.15) is 11.1 Å². The smallest absolute Gasteiger partial charge is 0.108 e. The summed E-state index contributed by atoms with van der Waals surface area (Å²) < 4.78 is 0. The highest BCUT2D eigenvalue weighted by Gasteiger charge is 2.04. The second kappa shape index (κ2) is 5.32. The molecule has 3 heteroatoms. The molecule has 0 spiro atoms. The molecule has 0 aliphatic rings. The van der Waals surface area contributed by atoms with E-state index >= 15 is 0 Å². The molecule has 17 heavy (non-hydrogen) atoms. The van der Waals surface area contributed by atoms with Crippen molar-refractivity contribution in [1.82, 2.24) is 0 Å². The van der Waals surface area contributed by atoms with Gasteiger partial charge in [-0.1, -0.05) is 35.9 Å². The Hall–Kier alpha value is -1.35. The van der Waals surface area contributed by atoms with Crippen molar-refractivity contribution in [2.45, 2.75) is 13.2 Å². The summed E-state index contributed by atoms with van der Waals surface area (Å²) in [6.07, 6.45) is 0. The van der Waals surface area contributed by atoms with Crippen LogP contribution in [0.3, 0.4) is 0 Å². The molecule has 0 amide bonds. The molecule has 0 fully saturated rings. The van der Waals surface area contributed by atoms with Gasteiger partial charge in [-0.15, -0.1) is 0 Å². The third-order valence-corrected chi connectivity index (χ3v) is 3.01. The Morgan fingerprint density at radius 2 is 1.59 bits per heavy atom. The zero-order valence-electron chi connectivity index (χ0n) is 9.32. The van der Waals surface area contributed by atoms with Crippen molar-refractivity contribution < 1.29 is 5.11 Å². The quantitative estimate of drug-likeness (QED) is 0.887. The highest BCUT2D eigenvalue weighted by atomic mass is 35.5. The van der Waals surface area contributed by atoms with E-state index in [4.69, 9.17) is 17.3 Å². The average molecular weight is 247 g/mol. The fourth-order valence-corrected chi connectivity index (χ4v) is 1.91. The van der Waals surface area contributed by atoms with E-state index < -0.39 is 0 Å². The van der Waals surface area contributed by atoms with Gasteiger partial charge in [0.15, 0.2) is 0 Å². The van der Waals surface area contributed by atoms with Gasteiger partial charge >= 0.3 is 0 Å². The number of benzene rings is 2. The topological polar surface area (TPSA) is 45.9 Å². The number of rotatable bonds is 3.